The molecule has 0 heterocycles. The van der Waals surface area contributed by atoms with E-state index in [0.29, 0.717) is 27.0 Å². The normalized spacial score (nSPS) is 12.5. The van der Waals surface area contributed by atoms with Crippen molar-refractivity contribution in [3.63, 3.8) is 0 Å². The molecule has 0 aromatic heterocycles. The van der Waals surface area contributed by atoms with Gasteiger partial charge >= 0.3 is 0 Å². The Balaban J connectivity index is 2.18. The number of methoxy groups -OCH3 is 1. The zero-order valence-corrected chi connectivity index (χ0v) is 16.5. The Morgan fingerprint density at radius 3 is 2.19 bits per heavy atom. The third kappa shape index (κ3) is 6.49. The minimum absolute atomic E-state index is 0.108. The highest BCUT2D eigenvalue weighted by atomic mass is 35.5. The molecule has 1 atom stereocenters. The maximum absolute atomic E-state index is 12.4. The van der Waals surface area contributed by atoms with E-state index in [0.717, 1.165) is 6.26 Å². The van der Waals surface area contributed by atoms with Crippen molar-refractivity contribution in [1.29, 1.82) is 0 Å². The predicted octanol–water partition coefficient (Wildman–Crippen LogP) is 3.62. The van der Waals surface area contributed by atoms with Crippen LogP contribution in [0, 0.1) is 0 Å². The molecule has 0 bridgehead atoms. The summed E-state index contributed by atoms with van der Waals surface area (Å²) in [6.45, 7) is 0. The molecule has 26 heavy (non-hydrogen) atoms. The third-order valence-corrected chi connectivity index (χ3v) is 4.56. The highest BCUT2D eigenvalue weighted by molar-refractivity contribution is 7.88. The van der Waals surface area contributed by atoms with Gasteiger partial charge in [-0.3, -0.25) is 4.79 Å². The van der Waals surface area contributed by atoms with E-state index in [2.05, 4.69) is 10.0 Å². The number of hydrogen-bond donors (Lipinski definition) is 2. The van der Waals surface area contributed by atoms with Gasteiger partial charge in [0.1, 0.15) is 5.75 Å². The van der Waals surface area contributed by atoms with Gasteiger partial charge < -0.3 is 10.1 Å². The zero-order valence-electron chi connectivity index (χ0n) is 14.1. The lowest BCUT2D eigenvalue weighted by molar-refractivity contribution is -0.116. The number of anilines is 1. The van der Waals surface area contributed by atoms with E-state index in [4.69, 9.17) is 27.9 Å². The number of hydrogen-bond acceptors (Lipinski definition) is 4. The van der Waals surface area contributed by atoms with Crippen LogP contribution in [-0.2, 0) is 14.8 Å². The number of ether oxygens (including phenoxy) is 1. The number of carbonyl (C=O) groups excluding carboxylic acids is 1. The molecule has 2 aromatic rings. The van der Waals surface area contributed by atoms with Crippen LogP contribution >= 0.6 is 23.2 Å². The van der Waals surface area contributed by atoms with Gasteiger partial charge in [-0.2, -0.15) is 0 Å². The van der Waals surface area contributed by atoms with Crippen LogP contribution in [0.3, 0.4) is 0 Å². The lowest BCUT2D eigenvalue weighted by Crippen LogP contribution is -2.30. The number of carbonyl (C=O) groups is 1. The Bertz CT molecular complexity index is 866. The first-order valence-corrected chi connectivity index (χ1v) is 10.2. The Labute approximate surface area is 162 Å². The van der Waals surface area contributed by atoms with E-state index in [1.807, 2.05) is 0 Å². The Hall–Kier alpha value is -1.80. The van der Waals surface area contributed by atoms with E-state index in [1.165, 1.54) is 7.11 Å². The third-order valence-electron chi connectivity index (χ3n) is 3.41. The standard InChI is InChI=1S/C17H18Cl2N2O4S/c1-25-15-5-3-11(4-6-15)16(21-26(2,23)24)10-17(22)20-14-8-12(18)7-13(19)9-14/h3-9,16,21H,10H2,1-2H3,(H,20,22)/t16-/m1/s1. The SMILES string of the molecule is COc1ccc([C@@H](CC(=O)Nc2cc(Cl)cc(Cl)c2)NS(C)(=O)=O)cc1. The molecule has 0 aliphatic carbocycles. The molecule has 0 saturated heterocycles. The minimum Gasteiger partial charge on any atom is -0.497 e. The van der Waals surface area contributed by atoms with Crippen LogP contribution in [0.4, 0.5) is 5.69 Å². The van der Waals surface area contributed by atoms with E-state index < -0.39 is 16.1 Å². The molecule has 0 aliphatic heterocycles. The van der Waals surface area contributed by atoms with Crippen molar-refractivity contribution >= 4 is 44.8 Å². The summed E-state index contributed by atoms with van der Waals surface area (Å²) in [5, 5.41) is 3.43. The molecular weight excluding hydrogens is 399 g/mol. The second-order valence-electron chi connectivity index (χ2n) is 5.63. The molecule has 140 valence electrons. The molecule has 0 spiro atoms. The number of halogens is 2. The number of sulfonamides is 1. The molecule has 0 unspecified atom stereocenters. The van der Waals surface area contributed by atoms with Crippen molar-refractivity contribution < 1.29 is 17.9 Å². The fourth-order valence-electron chi connectivity index (χ4n) is 2.35. The summed E-state index contributed by atoms with van der Waals surface area (Å²) in [4.78, 5) is 12.4. The van der Waals surface area contributed by atoms with E-state index >= 15 is 0 Å². The van der Waals surface area contributed by atoms with Gasteiger partial charge in [0.15, 0.2) is 0 Å². The first kappa shape index (κ1) is 20.5. The molecule has 1 amide bonds. The Kier molecular flexibility index (Phi) is 6.88. The topological polar surface area (TPSA) is 84.5 Å². The monoisotopic (exact) mass is 416 g/mol. The number of nitrogens with one attached hydrogen (secondary N) is 2. The lowest BCUT2D eigenvalue weighted by atomic mass is 10.0. The van der Waals surface area contributed by atoms with E-state index in [9.17, 15) is 13.2 Å². The summed E-state index contributed by atoms with van der Waals surface area (Å²) in [6.07, 6.45) is 0.932. The van der Waals surface area contributed by atoms with Gasteiger partial charge in [0.25, 0.3) is 0 Å². The van der Waals surface area contributed by atoms with Gasteiger partial charge in [-0.05, 0) is 35.9 Å². The highest BCUT2D eigenvalue weighted by Crippen LogP contribution is 2.24. The van der Waals surface area contributed by atoms with Gasteiger partial charge in [0.05, 0.1) is 19.4 Å². The molecule has 6 nitrogen and oxygen atoms in total. The van der Waals surface area contributed by atoms with Crippen LogP contribution in [0.25, 0.3) is 0 Å². The molecule has 2 rings (SSSR count). The molecule has 0 radical (unpaired) electrons. The summed E-state index contributed by atoms with van der Waals surface area (Å²) in [5.74, 6) is 0.241. The molecule has 9 heteroatoms. The van der Waals surface area contributed by atoms with Crippen LogP contribution in [0.1, 0.15) is 18.0 Å². The van der Waals surface area contributed by atoms with Crippen LogP contribution in [0.5, 0.6) is 5.75 Å². The smallest absolute Gasteiger partial charge is 0.226 e. The van der Waals surface area contributed by atoms with Crippen molar-refractivity contribution in [3.05, 3.63) is 58.1 Å². The summed E-state index contributed by atoms with van der Waals surface area (Å²) >= 11 is 11.8. The second kappa shape index (κ2) is 8.73. The maximum atomic E-state index is 12.4. The largest absolute Gasteiger partial charge is 0.497 e. The van der Waals surface area contributed by atoms with E-state index in [1.54, 1.807) is 42.5 Å². The highest BCUT2D eigenvalue weighted by Gasteiger charge is 2.20. The van der Waals surface area contributed by atoms with Crippen LogP contribution in [0.15, 0.2) is 42.5 Å². The van der Waals surface area contributed by atoms with Crippen molar-refractivity contribution in [1.82, 2.24) is 4.72 Å². The number of amides is 1. The number of rotatable bonds is 7. The molecule has 2 N–H and O–H groups in total. The average molecular weight is 417 g/mol. The first-order chi connectivity index (χ1) is 12.2. The summed E-state index contributed by atoms with van der Waals surface area (Å²) < 4.78 is 30.9. The van der Waals surface area contributed by atoms with Crippen LogP contribution < -0.4 is 14.8 Å². The quantitative estimate of drug-likeness (QED) is 0.721. The van der Waals surface area contributed by atoms with Crippen molar-refractivity contribution in [2.75, 3.05) is 18.7 Å². The Morgan fingerprint density at radius 1 is 1.12 bits per heavy atom. The van der Waals surface area contributed by atoms with Crippen molar-refractivity contribution in [2.24, 2.45) is 0 Å². The second-order valence-corrected chi connectivity index (χ2v) is 8.28. The van der Waals surface area contributed by atoms with Crippen LogP contribution in [-0.4, -0.2) is 27.7 Å². The molecule has 2 aromatic carbocycles. The van der Waals surface area contributed by atoms with Crippen molar-refractivity contribution in [3.8, 4) is 5.75 Å². The summed E-state index contributed by atoms with van der Waals surface area (Å²) in [7, 11) is -1.99. The molecule has 0 saturated carbocycles. The predicted molar refractivity (Wildman–Crippen MR) is 103 cm³/mol. The van der Waals surface area contributed by atoms with Gasteiger partial charge in [0.2, 0.25) is 15.9 Å². The minimum atomic E-state index is -3.52. The Morgan fingerprint density at radius 2 is 1.69 bits per heavy atom. The lowest BCUT2D eigenvalue weighted by Gasteiger charge is -2.18. The number of benzene rings is 2. The fraction of sp³-hybridized carbons (Fsp3) is 0.235. The van der Waals surface area contributed by atoms with Gasteiger partial charge in [-0.15, -0.1) is 0 Å². The summed E-state index contributed by atoms with van der Waals surface area (Å²) in [5.41, 5.74) is 1.07. The average Bonchev–Trinajstić information content (AvgIpc) is 2.52. The molecular formula is C17H18Cl2N2O4S. The molecule has 0 aliphatic rings. The van der Waals surface area contributed by atoms with E-state index in [-0.39, 0.29) is 12.3 Å². The fourth-order valence-corrected chi connectivity index (χ4v) is 3.61. The van der Waals surface area contributed by atoms with Gasteiger partial charge in [0, 0.05) is 22.2 Å². The first-order valence-electron chi connectivity index (χ1n) is 7.53. The maximum Gasteiger partial charge on any atom is 0.226 e. The summed E-state index contributed by atoms with van der Waals surface area (Å²) in [6, 6.07) is 10.7. The van der Waals surface area contributed by atoms with Gasteiger partial charge in [-0.1, -0.05) is 35.3 Å². The molecule has 0 fully saturated rings. The van der Waals surface area contributed by atoms with Crippen LogP contribution in [0.2, 0.25) is 10.0 Å². The zero-order chi connectivity index (χ0) is 19.3. The van der Waals surface area contributed by atoms with Crippen molar-refractivity contribution in [2.45, 2.75) is 12.5 Å². The van der Waals surface area contributed by atoms with Gasteiger partial charge in [-0.25, -0.2) is 13.1 Å².